The number of pyridine rings is 1. The van der Waals surface area contributed by atoms with Crippen molar-refractivity contribution in [3.63, 3.8) is 0 Å². The Morgan fingerprint density at radius 1 is 1.25 bits per heavy atom. The Balaban J connectivity index is 1.77. The van der Waals surface area contributed by atoms with E-state index in [1.165, 1.54) is 0 Å². The minimum absolute atomic E-state index is 0.129. The third-order valence-corrected chi connectivity index (χ3v) is 3.39. The van der Waals surface area contributed by atoms with E-state index in [4.69, 9.17) is 11.6 Å². The van der Waals surface area contributed by atoms with E-state index in [2.05, 4.69) is 15.6 Å². The molecule has 0 unspecified atom stereocenters. The Bertz CT molecular complexity index is 641. The molecule has 102 valence electrons. The molecule has 3 rings (SSSR count). The summed E-state index contributed by atoms with van der Waals surface area (Å²) in [7, 11) is 0. The highest BCUT2D eigenvalue weighted by atomic mass is 35.5. The molecule has 2 aromatic rings. The van der Waals surface area contributed by atoms with Crippen LogP contribution in [-0.4, -0.2) is 16.9 Å². The minimum atomic E-state index is -0.129. The van der Waals surface area contributed by atoms with Crippen molar-refractivity contribution >= 4 is 28.9 Å². The van der Waals surface area contributed by atoms with Gasteiger partial charge in [0.25, 0.3) is 5.91 Å². The van der Waals surface area contributed by atoms with E-state index in [1.807, 2.05) is 24.3 Å². The number of rotatable bonds is 4. The third kappa shape index (κ3) is 3.08. The quantitative estimate of drug-likeness (QED) is 0.906. The topological polar surface area (TPSA) is 54.0 Å². The number of benzene rings is 1. The van der Waals surface area contributed by atoms with Gasteiger partial charge in [0.05, 0.1) is 10.7 Å². The van der Waals surface area contributed by atoms with Crippen molar-refractivity contribution < 1.29 is 4.79 Å². The number of para-hydroxylation sites is 1. The van der Waals surface area contributed by atoms with Crippen molar-refractivity contribution in [1.29, 1.82) is 0 Å². The molecule has 0 radical (unpaired) electrons. The summed E-state index contributed by atoms with van der Waals surface area (Å²) in [5, 5.41) is 6.73. The van der Waals surface area contributed by atoms with Crippen LogP contribution in [-0.2, 0) is 0 Å². The molecule has 0 bridgehead atoms. The van der Waals surface area contributed by atoms with Gasteiger partial charge in [-0.2, -0.15) is 0 Å². The number of hydrogen-bond acceptors (Lipinski definition) is 3. The van der Waals surface area contributed by atoms with Gasteiger partial charge in [0, 0.05) is 17.9 Å². The van der Waals surface area contributed by atoms with Crippen LogP contribution in [0.3, 0.4) is 0 Å². The first kappa shape index (κ1) is 12.9. The number of hydrogen-bond donors (Lipinski definition) is 2. The van der Waals surface area contributed by atoms with E-state index in [1.54, 1.807) is 18.3 Å². The van der Waals surface area contributed by atoms with Crippen LogP contribution in [0.1, 0.15) is 23.3 Å². The van der Waals surface area contributed by atoms with Crippen molar-refractivity contribution in [1.82, 2.24) is 10.3 Å². The third-order valence-electron chi connectivity index (χ3n) is 3.06. The van der Waals surface area contributed by atoms with Gasteiger partial charge in [-0.1, -0.05) is 23.7 Å². The van der Waals surface area contributed by atoms with Gasteiger partial charge in [-0.05, 0) is 37.1 Å². The number of carbonyl (C=O) groups excluding carboxylic acids is 1. The number of anilines is 2. The van der Waals surface area contributed by atoms with Crippen LogP contribution >= 0.6 is 11.6 Å². The zero-order chi connectivity index (χ0) is 13.9. The van der Waals surface area contributed by atoms with Crippen LogP contribution in [0.2, 0.25) is 5.02 Å². The molecule has 1 aromatic carbocycles. The lowest BCUT2D eigenvalue weighted by Gasteiger charge is -2.09. The van der Waals surface area contributed by atoms with Gasteiger partial charge < -0.3 is 10.6 Å². The molecule has 1 saturated carbocycles. The fourth-order valence-corrected chi connectivity index (χ4v) is 2.02. The largest absolute Gasteiger partial charge is 0.354 e. The van der Waals surface area contributed by atoms with Crippen LogP contribution in [0.4, 0.5) is 11.4 Å². The number of carbonyl (C=O) groups is 1. The average Bonchev–Trinajstić information content (AvgIpc) is 3.26. The van der Waals surface area contributed by atoms with Gasteiger partial charge in [0.2, 0.25) is 0 Å². The number of nitrogens with one attached hydrogen (secondary N) is 2. The summed E-state index contributed by atoms with van der Waals surface area (Å²) >= 11 is 6.10. The van der Waals surface area contributed by atoms with Gasteiger partial charge in [0.15, 0.2) is 0 Å². The number of nitrogens with zero attached hydrogens (tertiary/aromatic N) is 1. The second-order valence-electron chi connectivity index (χ2n) is 4.78. The molecule has 1 aliphatic carbocycles. The highest BCUT2D eigenvalue weighted by molar-refractivity contribution is 6.33. The first-order chi connectivity index (χ1) is 9.72. The van der Waals surface area contributed by atoms with Crippen molar-refractivity contribution in [3.8, 4) is 0 Å². The maximum atomic E-state index is 11.9. The van der Waals surface area contributed by atoms with Crippen LogP contribution in [0, 0.1) is 0 Å². The van der Waals surface area contributed by atoms with Gasteiger partial charge in [0.1, 0.15) is 5.69 Å². The molecule has 0 spiro atoms. The molecule has 1 aliphatic rings. The SMILES string of the molecule is O=C(NC1CC1)c1cc(Nc2ccccc2Cl)ccn1. The summed E-state index contributed by atoms with van der Waals surface area (Å²) in [6.45, 7) is 0. The van der Waals surface area contributed by atoms with Gasteiger partial charge in [-0.15, -0.1) is 0 Å². The maximum Gasteiger partial charge on any atom is 0.270 e. The molecule has 4 nitrogen and oxygen atoms in total. The van der Waals surface area contributed by atoms with E-state index in [0.717, 1.165) is 24.2 Å². The summed E-state index contributed by atoms with van der Waals surface area (Å²) in [6, 6.07) is 11.3. The number of amides is 1. The molecule has 0 atom stereocenters. The molecule has 20 heavy (non-hydrogen) atoms. The lowest BCUT2D eigenvalue weighted by Crippen LogP contribution is -2.26. The molecule has 0 aliphatic heterocycles. The van der Waals surface area contributed by atoms with Crippen molar-refractivity contribution in [2.45, 2.75) is 18.9 Å². The zero-order valence-electron chi connectivity index (χ0n) is 10.8. The van der Waals surface area contributed by atoms with E-state index < -0.39 is 0 Å². The molecular formula is C15H14ClN3O. The van der Waals surface area contributed by atoms with Gasteiger partial charge >= 0.3 is 0 Å². The predicted octanol–water partition coefficient (Wildman–Crippen LogP) is 3.37. The van der Waals surface area contributed by atoms with E-state index in [-0.39, 0.29) is 5.91 Å². The fourth-order valence-electron chi connectivity index (χ4n) is 1.84. The van der Waals surface area contributed by atoms with Crippen molar-refractivity contribution in [3.05, 3.63) is 53.3 Å². The standard InChI is InChI=1S/C15H14ClN3O/c16-12-3-1-2-4-13(12)18-11-7-8-17-14(9-11)15(20)19-10-5-6-10/h1-4,7-10H,5-6H2,(H,17,18)(H,19,20). The highest BCUT2D eigenvalue weighted by Gasteiger charge is 2.24. The van der Waals surface area contributed by atoms with Crippen molar-refractivity contribution in [2.75, 3.05) is 5.32 Å². The maximum absolute atomic E-state index is 11.9. The molecule has 1 heterocycles. The normalized spacial score (nSPS) is 13.8. The van der Waals surface area contributed by atoms with E-state index in [9.17, 15) is 4.79 Å². The molecule has 0 saturated heterocycles. The molecule has 1 amide bonds. The highest BCUT2D eigenvalue weighted by Crippen LogP contribution is 2.25. The molecule has 1 fully saturated rings. The molecule has 5 heteroatoms. The van der Waals surface area contributed by atoms with E-state index in [0.29, 0.717) is 16.8 Å². The van der Waals surface area contributed by atoms with Crippen LogP contribution in [0.5, 0.6) is 0 Å². The summed E-state index contributed by atoms with van der Waals surface area (Å²) < 4.78 is 0. The fraction of sp³-hybridized carbons (Fsp3) is 0.200. The zero-order valence-corrected chi connectivity index (χ0v) is 11.5. The first-order valence-corrected chi connectivity index (χ1v) is 6.88. The first-order valence-electron chi connectivity index (χ1n) is 6.51. The smallest absolute Gasteiger partial charge is 0.270 e. The van der Waals surface area contributed by atoms with Crippen LogP contribution in [0.15, 0.2) is 42.6 Å². The van der Waals surface area contributed by atoms with E-state index >= 15 is 0 Å². The molecule has 1 aromatic heterocycles. The molecular weight excluding hydrogens is 274 g/mol. The van der Waals surface area contributed by atoms with Crippen molar-refractivity contribution in [2.24, 2.45) is 0 Å². The Morgan fingerprint density at radius 3 is 2.80 bits per heavy atom. The summed E-state index contributed by atoms with van der Waals surface area (Å²) in [4.78, 5) is 16.0. The molecule has 2 N–H and O–H groups in total. The Kier molecular flexibility index (Phi) is 3.56. The monoisotopic (exact) mass is 287 g/mol. The van der Waals surface area contributed by atoms with Gasteiger partial charge in [-0.3, -0.25) is 9.78 Å². The lowest BCUT2D eigenvalue weighted by atomic mass is 10.2. The Hall–Kier alpha value is -2.07. The van der Waals surface area contributed by atoms with Gasteiger partial charge in [-0.25, -0.2) is 0 Å². The minimum Gasteiger partial charge on any atom is -0.354 e. The number of halogens is 1. The second kappa shape index (κ2) is 5.51. The summed E-state index contributed by atoms with van der Waals surface area (Å²) in [5.74, 6) is -0.129. The lowest BCUT2D eigenvalue weighted by molar-refractivity contribution is 0.0946. The Labute approximate surface area is 122 Å². The Morgan fingerprint density at radius 2 is 2.05 bits per heavy atom. The predicted molar refractivity (Wildman–Crippen MR) is 79.5 cm³/mol. The average molecular weight is 288 g/mol. The summed E-state index contributed by atoms with van der Waals surface area (Å²) in [6.07, 6.45) is 3.73. The second-order valence-corrected chi connectivity index (χ2v) is 5.19. The van der Waals surface area contributed by atoms with Crippen LogP contribution in [0.25, 0.3) is 0 Å². The summed E-state index contributed by atoms with van der Waals surface area (Å²) in [5.41, 5.74) is 2.00. The van der Waals surface area contributed by atoms with Crippen LogP contribution < -0.4 is 10.6 Å². The number of aromatic nitrogens is 1.